The van der Waals surface area contributed by atoms with Gasteiger partial charge in [-0.1, -0.05) is 24.3 Å². The fraction of sp³-hybridized carbons (Fsp3) is 0.0385. The molecule has 33 heavy (non-hydrogen) atoms. The lowest BCUT2D eigenvalue weighted by Gasteiger charge is -2.11. The lowest BCUT2D eigenvalue weighted by Crippen LogP contribution is -2.20. The number of carbonyl (C=O) groups excluding carboxylic acids is 2. The maximum Gasteiger partial charge on any atom is 0.344 e. The van der Waals surface area contributed by atoms with E-state index in [0.717, 1.165) is 5.69 Å². The first-order valence-electron chi connectivity index (χ1n) is 10.2. The average Bonchev–Trinajstić information content (AvgIpc) is 3.38. The molecule has 4 aromatic rings. The van der Waals surface area contributed by atoms with Crippen LogP contribution >= 0.6 is 15.9 Å². The predicted molar refractivity (Wildman–Crippen MR) is 131 cm³/mol. The number of nitrogens with one attached hydrogen (secondary N) is 1. The number of benzene rings is 3. The SMILES string of the molecule is CC(=NNC(=O)c1ccc(-n2cccc2)cc1)c1ccccc1OC(=O)c1ccccc1Br. The highest BCUT2D eigenvalue weighted by atomic mass is 79.9. The number of esters is 1. The minimum Gasteiger partial charge on any atom is -0.422 e. The number of nitrogens with zero attached hydrogens (tertiary/aromatic N) is 2. The minimum atomic E-state index is -0.491. The summed E-state index contributed by atoms with van der Waals surface area (Å²) >= 11 is 3.36. The zero-order valence-electron chi connectivity index (χ0n) is 17.7. The zero-order valence-corrected chi connectivity index (χ0v) is 19.3. The van der Waals surface area contributed by atoms with Gasteiger partial charge in [0.25, 0.3) is 5.91 Å². The highest BCUT2D eigenvalue weighted by Crippen LogP contribution is 2.23. The highest BCUT2D eigenvalue weighted by Gasteiger charge is 2.15. The summed E-state index contributed by atoms with van der Waals surface area (Å²) in [6.45, 7) is 1.74. The van der Waals surface area contributed by atoms with Crippen molar-refractivity contribution in [3.8, 4) is 11.4 Å². The van der Waals surface area contributed by atoms with E-state index in [0.29, 0.717) is 32.6 Å². The Labute approximate surface area is 199 Å². The standard InChI is InChI=1S/C26H20BrN3O3/c1-18(28-29-25(31)19-12-14-20(15-13-19)30-16-6-7-17-30)21-8-3-5-11-24(21)33-26(32)22-9-2-4-10-23(22)27/h2-17H,1H3,(H,29,31). The van der Waals surface area contributed by atoms with Crippen LogP contribution in [0.4, 0.5) is 0 Å². The van der Waals surface area contributed by atoms with Gasteiger partial charge in [-0.2, -0.15) is 5.10 Å². The Balaban J connectivity index is 1.47. The van der Waals surface area contributed by atoms with Crippen molar-refractivity contribution in [3.63, 3.8) is 0 Å². The van der Waals surface area contributed by atoms with Crippen molar-refractivity contribution in [3.05, 3.63) is 118 Å². The van der Waals surface area contributed by atoms with Crippen molar-refractivity contribution in [1.29, 1.82) is 0 Å². The Bertz CT molecular complexity index is 1310. The summed E-state index contributed by atoms with van der Waals surface area (Å²) in [5, 5.41) is 4.21. The van der Waals surface area contributed by atoms with Crippen LogP contribution in [0.1, 0.15) is 33.2 Å². The van der Waals surface area contributed by atoms with Crippen LogP contribution in [0.5, 0.6) is 5.75 Å². The summed E-state index contributed by atoms with van der Waals surface area (Å²) in [5.74, 6) is -0.476. The van der Waals surface area contributed by atoms with Gasteiger partial charge in [0.05, 0.1) is 11.3 Å². The van der Waals surface area contributed by atoms with Gasteiger partial charge in [-0.3, -0.25) is 4.79 Å². The zero-order chi connectivity index (χ0) is 23.2. The molecular formula is C26H20BrN3O3. The van der Waals surface area contributed by atoms with Crippen LogP contribution in [-0.2, 0) is 0 Å². The van der Waals surface area contributed by atoms with Crippen molar-refractivity contribution in [2.24, 2.45) is 5.10 Å². The molecule has 0 atom stereocenters. The number of amides is 1. The van der Waals surface area contributed by atoms with Gasteiger partial charge >= 0.3 is 5.97 Å². The first-order chi connectivity index (χ1) is 16.0. The fourth-order valence-corrected chi connectivity index (χ4v) is 3.63. The summed E-state index contributed by atoms with van der Waals surface area (Å²) in [6, 6.07) is 25.2. The van der Waals surface area contributed by atoms with E-state index in [2.05, 4.69) is 26.5 Å². The third kappa shape index (κ3) is 5.27. The molecule has 164 valence electrons. The second-order valence-corrected chi connectivity index (χ2v) is 8.00. The second-order valence-electron chi connectivity index (χ2n) is 7.14. The van der Waals surface area contributed by atoms with Crippen LogP contribution in [0.2, 0.25) is 0 Å². The third-order valence-electron chi connectivity index (χ3n) is 4.93. The molecule has 0 saturated carbocycles. The van der Waals surface area contributed by atoms with Crippen molar-refractivity contribution in [2.75, 3.05) is 0 Å². The third-order valence-corrected chi connectivity index (χ3v) is 5.62. The summed E-state index contributed by atoms with van der Waals surface area (Å²) in [7, 11) is 0. The number of halogens is 1. The van der Waals surface area contributed by atoms with E-state index in [1.807, 2.05) is 53.4 Å². The fourth-order valence-electron chi connectivity index (χ4n) is 3.19. The molecule has 3 aromatic carbocycles. The molecular weight excluding hydrogens is 482 g/mol. The molecule has 1 N–H and O–H groups in total. The monoisotopic (exact) mass is 501 g/mol. The van der Waals surface area contributed by atoms with E-state index in [4.69, 9.17) is 4.74 Å². The van der Waals surface area contributed by atoms with Crippen molar-refractivity contribution < 1.29 is 14.3 Å². The van der Waals surface area contributed by atoms with Gasteiger partial charge in [0.15, 0.2) is 0 Å². The maximum atomic E-state index is 12.6. The molecule has 0 unspecified atom stereocenters. The highest BCUT2D eigenvalue weighted by molar-refractivity contribution is 9.10. The summed E-state index contributed by atoms with van der Waals surface area (Å²) in [6.07, 6.45) is 3.87. The number of hydrogen-bond donors (Lipinski definition) is 1. The van der Waals surface area contributed by atoms with E-state index in [1.54, 1.807) is 55.5 Å². The van der Waals surface area contributed by atoms with Crippen molar-refractivity contribution in [1.82, 2.24) is 9.99 Å². The van der Waals surface area contributed by atoms with E-state index < -0.39 is 5.97 Å². The number of hydrazone groups is 1. The first-order valence-corrected chi connectivity index (χ1v) is 11.0. The normalized spacial score (nSPS) is 11.2. The number of aromatic nitrogens is 1. The Morgan fingerprint density at radius 2 is 1.48 bits per heavy atom. The van der Waals surface area contributed by atoms with Crippen molar-refractivity contribution >= 4 is 33.5 Å². The van der Waals surface area contributed by atoms with E-state index in [9.17, 15) is 9.59 Å². The lowest BCUT2D eigenvalue weighted by molar-refractivity contribution is 0.0733. The molecule has 0 radical (unpaired) electrons. The molecule has 1 amide bonds. The smallest absolute Gasteiger partial charge is 0.344 e. The molecule has 0 aliphatic rings. The van der Waals surface area contributed by atoms with E-state index in [1.165, 1.54) is 0 Å². The molecule has 0 aliphatic heterocycles. The number of hydrogen-bond acceptors (Lipinski definition) is 4. The molecule has 1 heterocycles. The number of para-hydroxylation sites is 1. The number of ether oxygens (including phenoxy) is 1. The molecule has 0 bridgehead atoms. The molecule has 0 fully saturated rings. The molecule has 7 heteroatoms. The molecule has 0 spiro atoms. The topological polar surface area (TPSA) is 72.7 Å². The van der Waals surface area contributed by atoms with E-state index in [-0.39, 0.29) is 5.91 Å². The van der Waals surface area contributed by atoms with Gasteiger partial charge in [0.2, 0.25) is 0 Å². The molecule has 0 aliphatic carbocycles. The quantitative estimate of drug-likeness (QED) is 0.161. The predicted octanol–water partition coefficient (Wildman–Crippen LogP) is 5.61. The lowest BCUT2D eigenvalue weighted by atomic mass is 10.1. The Hall–Kier alpha value is -3.97. The van der Waals surface area contributed by atoms with Gasteiger partial charge in [0, 0.05) is 33.7 Å². The van der Waals surface area contributed by atoms with Gasteiger partial charge in [-0.15, -0.1) is 0 Å². The largest absolute Gasteiger partial charge is 0.422 e. The Morgan fingerprint density at radius 1 is 0.848 bits per heavy atom. The van der Waals surface area contributed by atoms with Crippen LogP contribution in [0, 0.1) is 0 Å². The second kappa shape index (κ2) is 10.1. The van der Waals surface area contributed by atoms with Gasteiger partial charge < -0.3 is 9.30 Å². The first kappa shape index (κ1) is 22.2. The van der Waals surface area contributed by atoms with Crippen LogP contribution in [-0.4, -0.2) is 22.2 Å². The van der Waals surface area contributed by atoms with Gasteiger partial charge in [0.1, 0.15) is 5.75 Å². The van der Waals surface area contributed by atoms with Crippen LogP contribution in [0.25, 0.3) is 5.69 Å². The van der Waals surface area contributed by atoms with Crippen LogP contribution in [0.15, 0.2) is 107 Å². The van der Waals surface area contributed by atoms with Gasteiger partial charge in [-0.25, -0.2) is 10.2 Å². The minimum absolute atomic E-state index is 0.337. The maximum absolute atomic E-state index is 12.6. The van der Waals surface area contributed by atoms with E-state index >= 15 is 0 Å². The van der Waals surface area contributed by atoms with Gasteiger partial charge in [-0.05, 0) is 83.5 Å². The summed E-state index contributed by atoms with van der Waals surface area (Å²) in [4.78, 5) is 25.2. The summed E-state index contributed by atoms with van der Waals surface area (Å²) in [5.41, 5.74) is 5.52. The Morgan fingerprint density at radius 3 is 2.18 bits per heavy atom. The Kier molecular flexibility index (Phi) is 6.80. The summed E-state index contributed by atoms with van der Waals surface area (Å²) < 4.78 is 8.21. The van der Waals surface area contributed by atoms with Crippen LogP contribution in [0.3, 0.4) is 0 Å². The molecule has 4 rings (SSSR count). The molecule has 1 aromatic heterocycles. The molecule has 0 saturated heterocycles. The van der Waals surface area contributed by atoms with Crippen molar-refractivity contribution in [2.45, 2.75) is 6.92 Å². The average molecular weight is 502 g/mol. The molecule has 6 nitrogen and oxygen atoms in total. The number of carbonyl (C=O) groups is 2. The van der Waals surface area contributed by atoms with Crippen LogP contribution < -0.4 is 10.2 Å². The number of rotatable bonds is 6.